The molecule has 0 bridgehead atoms. The maximum atomic E-state index is 13.0. The van der Waals surface area contributed by atoms with E-state index in [0.29, 0.717) is 38.3 Å². The Hall–Kier alpha value is -1.60. The molecule has 1 amide bonds. The third kappa shape index (κ3) is 3.72. The summed E-state index contributed by atoms with van der Waals surface area (Å²) < 4.78 is 32.7. The van der Waals surface area contributed by atoms with Crippen LogP contribution >= 0.6 is 0 Å². The van der Waals surface area contributed by atoms with Crippen molar-refractivity contribution in [2.75, 3.05) is 33.3 Å². The summed E-state index contributed by atoms with van der Waals surface area (Å²) in [5.41, 5.74) is 1.90. The lowest BCUT2D eigenvalue weighted by Crippen LogP contribution is -2.50. The number of methoxy groups -OCH3 is 1. The first-order valence-electron chi connectivity index (χ1n) is 8.24. The molecule has 7 heteroatoms. The van der Waals surface area contributed by atoms with Gasteiger partial charge in [-0.15, -0.1) is 0 Å². The van der Waals surface area contributed by atoms with Crippen LogP contribution in [0.3, 0.4) is 0 Å². The Morgan fingerprint density at radius 3 is 2.25 bits per heavy atom. The van der Waals surface area contributed by atoms with Crippen molar-refractivity contribution in [3.8, 4) is 5.75 Å². The average molecular weight is 354 g/mol. The average Bonchev–Trinajstić information content (AvgIpc) is 2.57. The number of nitrogens with zero attached hydrogens (tertiary/aromatic N) is 2. The van der Waals surface area contributed by atoms with Gasteiger partial charge in [0.15, 0.2) is 0 Å². The fourth-order valence-electron chi connectivity index (χ4n) is 2.81. The zero-order valence-corrected chi connectivity index (χ0v) is 15.6. The van der Waals surface area contributed by atoms with E-state index in [9.17, 15) is 13.2 Å². The first-order valence-corrected chi connectivity index (χ1v) is 9.68. The SMILES string of the molecule is CCCC(=O)N1CCN(S(=O)(=O)c2cc(C)c(C)cc2OC)CC1. The third-order valence-electron chi connectivity index (χ3n) is 4.45. The van der Waals surface area contributed by atoms with Gasteiger partial charge in [-0.25, -0.2) is 8.42 Å². The summed E-state index contributed by atoms with van der Waals surface area (Å²) in [5, 5.41) is 0. The number of aryl methyl sites for hydroxylation is 2. The number of carbonyl (C=O) groups is 1. The van der Waals surface area contributed by atoms with Crippen LogP contribution in [0.2, 0.25) is 0 Å². The number of piperazine rings is 1. The second-order valence-corrected chi connectivity index (χ2v) is 8.03. The van der Waals surface area contributed by atoms with E-state index in [4.69, 9.17) is 4.74 Å². The number of ether oxygens (including phenoxy) is 1. The van der Waals surface area contributed by atoms with Crippen LogP contribution in [0.4, 0.5) is 0 Å². The largest absolute Gasteiger partial charge is 0.495 e. The second kappa shape index (κ2) is 7.53. The van der Waals surface area contributed by atoms with Gasteiger partial charge in [0.2, 0.25) is 15.9 Å². The van der Waals surface area contributed by atoms with Crippen molar-refractivity contribution in [2.45, 2.75) is 38.5 Å². The Morgan fingerprint density at radius 2 is 1.71 bits per heavy atom. The molecule has 0 aromatic heterocycles. The molecule has 1 fully saturated rings. The van der Waals surface area contributed by atoms with E-state index in [-0.39, 0.29) is 10.8 Å². The molecular weight excluding hydrogens is 328 g/mol. The van der Waals surface area contributed by atoms with E-state index in [1.165, 1.54) is 11.4 Å². The van der Waals surface area contributed by atoms with Crippen LogP contribution in [0, 0.1) is 13.8 Å². The van der Waals surface area contributed by atoms with E-state index in [1.54, 1.807) is 17.0 Å². The van der Waals surface area contributed by atoms with Gasteiger partial charge in [-0.05, 0) is 43.5 Å². The van der Waals surface area contributed by atoms with E-state index in [2.05, 4.69) is 0 Å². The highest BCUT2D eigenvalue weighted by atomic mass is 32.2. The number of hydrogen-bond donors (Lipinski definition) is 0. The summed E-state index contributed by atoms with van der Waals surface area (Å²) >= 11 is 0. The van der Waals surface area contributed by atoms with Gasteiger partial charge in [-0.2, -0.15) is 4.31 Å². The minimum absolute atomic E-state index is 0.0957. The van der Waals surface area contributed by atoms with Crippen molar-refractivity contribution < 1.29 is 17.9 Å². The summed E-state index contributed by atoms with van der Waals surface area (Å²) in [7, 11) is -2.16. The molecule has 0 saturated carbocycles. The standard InChI is InChI=1S/C17H26N2O4S/c1-5-6-17(20)18-7-9-19(10-8-18)24(21,22)16-12-14(3)13(2)11-15(16)23-4/h11-12H,5-10H2,1-4H3. The lowest BCUT2D eigenvalue weighted by atomic mass is 10.1. The Labute approximate surface area is 144 Å². The summed E-state index contributed by atoms with van der Waals surface area (Å²) in [5.74, 6) is 0.459. The fourth-order valence-corrected chi connectivity index (χ4v) is 4.46. The van der Waals surface area contributed by atoms with Crippen molar-refractivity contribution in [1.82, 2.24) is 9.21 Å². The second-order valence-electron chi connectivity index (χ2n) is 6.12. The smallest absolute Gasteiger partial charge is 0.246 e. The summed E-state index contributed by atoms with van der Waals surface area (Å²) in [6, 6.07) is 3.42. The molecule has 2 rings (SSSR count). The van der Waals surface area contributed by atoms with E-state index in [1.807, 2.05) is 20.8 Å². The molecule has 1 aliphatic rings. The molecule has 0 aliphatic carbocycles. The first-order chi connectivity index (χ1) is 11.3. The Bertz CT molecular complexity index is 708. The van der Waals surface area contributed by atoms with E-state index >= 15 is 0 Å². The molecule has 1 saturated heterocycles. The molecule has 0 N–H and O–H groups in total. The van der Waals surface area contributed by atoms with Gasteiger partial charge in [0.05, 0.1) is 7.11 Å². The normalized spacial score (nSPS) is 16.2. The van der Waals surface area contributed by atoms with Crippen LogP contribution in [0.5, 0.6) is 5.75 Å². The number of benzene rings is 1. The molecule has 1 aromatic carbocycles. The molecule has 0 unspecified atom stereocenters. The van der Waals surface area contributed by atoms with E-state index in [0.717, 1.165) is 17.5 Å². The van der Waals surface area contributed by atoms with Gasteiger partial charge in [0.25, 0.3) is 0 Å². The Balaban J connectivity index is 2.21. The van der Waals surface area contributed by atoms with Crippen LogP contribution in [0.1, 0.15) is 30.9 Å². The molecule has 0 radical (unpaired) electrons. The van der Waals surface area contributed by atoms with Crippen LogP contribution in [-0.2, 0) is 14.8 Å². The topological polar surface area (TPSA) is 66.9 Å². The number of hydrogen-bond acceptors (Lipinski definition) is 4. The zero-order valence-electron chi connectivity index (χ0n) is 14.8. The van der Waals surface area contributed by atoms with Gasteiger partial charge in [0.1, 0.15) is 10.6 Å². The molecule has 6 nitrogen and oxygen atoms in total. The lowest BCUT2D eigenvalue weighted by Gasteiger charge is -2.34. The Morgan fingerprint density at radius 1 is 1.12 bits per heavy atom. The molecule has 24 heavy (non-hydrogen) atoms. The number of sulfonamides is 1. The first kappa shape index (κ1) is 18.7. The minimum Gasteiger partial charge on any atom is -0.495 e. The third-order valence-corrected chi connectivity index (χ3v) is 6.37. The van der Waals surface area contributed by atoms with Gasteiger partial charge < -0.3 is 9.64 Å². The van der Waals surface area contributed by atoms with Crippen LogP contribution < -0.4 is 4.74 Å². The van der Waals surface area contributed by atoms with Gasteiger partial charge in [-0.3, -0.25) is 4.79 Å². The highest BCUT2D eigenvalue weighted by molar-refractivity contribution is 7.89. The highest BCUT2D eigenvalue weighted by Gasteiger charge is 2.32. The van der Waals surface area contributed by atoms with Crippen LogP contribution in [-0.4, -0.2) is 56.8 Å². The van der Waals surface area contributed by atoms with Gasteiger partial charge >= 0.3 is 0 Å². The quantitative estimate of drug-likeness (QED) is 0.810. The summed E-state index contributed by atoms with van der Waals surface area (Å²) in [6.07, 6.45) is 1.31. The summed E-state index contributed by atoms with van der Waals surface area (Å²) in [4.78, 5) is 13.9. The van der Waals surface area contributed by atoms with Gasteiger partial charge in [-0.1, -0.05) is 6.92 Å². The molecule has 1 aromatic rings. The fraction of sp³-hybridized carbons (Fsp3) is 0.588. The Kier molecular flexibility index (Phi) is 5.87. The molecule has 1 heterocycles. The predicted molar refractivity (Wildman–Crippen MR) is 92.7 cm³/mol. The molecule has 1 aliphatic heterocycles. The summed E-state index contributed by atoms with van der Waals surface area (Å²) in [6.45, 7) is 7.27. The minimum atomic E-state index is -3.64. The number of rotatable bonds is 5. The predicted octanol–water partition coefficient (Wildman–Crippen LogP) is 1.95. The van der Waals surface area contributed by atoms with Gasteiger partial charge in [0, 0.05) is 32.6 Å². The highest BCUT2D eigenvalue weighted by Crippen LogP contribution is 2.30. The van der Waals surface area contributed by atoms with E-state index < -0.39 is 10.0 Å². The maximum absolute atomic E-state index is 13.0. The number of amides is 1. The van der Waals surface area contributed by atoms with Crippen molar-refractivity contribution >= 4 is 15.9 Å². The monoisotopic (exact) mass is 354 g/mol. The number of carbonyl (C=O) groups excluding carboxylic acids is 1. The van der Waals surface area contributed by atoms with Crippen LogP contribution in [0.15, 0.2) is 17.0 Å². The molecule has 0 spiro atoms. The van der Waals surface area contributed by atoms with Crippen molar-refractivity contribution in [2.24, 2.45) is 0 Å². The lowest BCUT2D eigenvalue weighted by molar-refractivity contribution is -0.132. The van der Waals surface area contributed by atoms with Crippen molar-refractivity contribution in [1.29, 1.82) is 0 Å². The van der Waals surface area contributed by atoms with Crippen LogP contribution in [0.25, 0.3) is 0 Å². The zero-order chi connectivity index (χ0) is 17.9. The van der Waals surface area contributed by atoms with Crippen molar-refractivity contribution in [3.05, 3.63) is 23.3 Å². The van der Waals surface area contributed by atoms with Crippen molar-refractivity contribution in [3.63, 3.8) is 0 Å². The molecular formula is C17H26N2O4S. The maximum Gasteiger partial charge on any atom is 0.246 e. The molecule has 134 valence electrons. The molecule has 0 atom stereocenters.